The highest BCUT2D eigenvalue weighted by atomic mass is 32.1. The second kappa shape index (κ2) is 10.9. The largest absolute Gasteiger partial charge is 0.481 e. The summed E-state index contributed by atoms with van der Waals surface area (Å²) in [7, 11) is -4.06. The molecule has 30 heavy (non-hydrogen) atoms. The molecule has 0 saturated heterocycles. The Morgan fingerprint density at radius 2 is 1.60 bits per heavy atom. The summed E-state index contributed by atoms with van der Waals surface area (Å²) in [6.45, 7) is 0. The van der Waals surface area contributed by atoms with Gasteiger partial charge in [-0.25, -0.2) is 14.8 Å². The van der Waals surface area contributed by atoms with Crippen LogP contribution in [-0.4, -0.2) is 49.0 Å². The van der Waals surface area contributed by atoms with E-state index in [2.05, 4.69) is 5.10 Å². The molecule has 10 heteroatoms. The minimum atomic E-state index is -4.06. The summed E-state index contributed by atoms with van der Waals surface area (Å²) in [5.74, 6) is -3.71. The molecule has 0 heterocycles. The first-order chi connectivity index (χ1) is 14.2. The summed E-state index contributed by atoms with van der Waals surface area (Å²) in [4.78, 5) is 44.3. The normalized spacial score (nSPS) is 12.8. The van der Waals surface area contributed by atoms with Crippen molar-refractivity contribution in [1.29, 1.82) is 0 Å². The van der Waals surface area contributed by atoms with Gasteiger partial charge in [0.1, 0.15) is 6.16 Å². The zero-order valence-electron chi connectivity index (χ0n) is 15.9. The van der Waals surface area contributed by atoms with Gasteiger partial charge in [-0.05, 0) is 30.7 Å². The molecule has 0 aliphatic carbocycles. The Morgan fingerprint density at radius 1 is 1.03 bits per heavy atom. The highest BCUT2D eigenvalue weighted by Gasteiger charge is 2.47. The third-order valence-electron chi connectivity index (χ3n) is 4.23. The number of anilines is 1. The number of para-hydroxylation sites is 1. The number of benzene rings is 2. The summed E-state index contributed by atoms with van der Waals surface area (Å²) < 4.78 is 0. The maximum Gasteiger partial charge on any atom is 0.321 e. The number of thiocarbonyl (C=S) groups is 1. The molecule has 0 amide bonds. The van der Waals surface area contributed by atoms with Crippen LogP contribution in [0.2, 0.25) is 0 Å². The lowest BCUT2D eigenvalue weighted by molar-refractivity contribution is -0.142. The molecule has 0 aliphatic heterocycles. The van der Waals surface area contributed by atoms with Gasteiger partial charge in [-0.1, -0.05) is 48.6 Å². The molecule has 2 aromatic rings. The molecule has 0 spiro atoms. The van der Waals surface area contributed by atoms with Gasteiger partial charge in [0.15, 0.2) is 0 Å². The van der Waals surface area contributed by atoms with Gasteiger partial charge in [0.05, 0.1) is 17.1 Å². The predicted octanol–water partition coefficient (Wildman–Crippen LogP) is 3.21. The summed E-state index contributed by atoms with van der Waals surface area (Å²) in [6.07, 6.45) is -1.17. The minimum absolute atomic E-state index is 0.102. The molecule has 2 rings (SSSR count). The van der Waals surface area contributed by atoms with Gasteiger partial charge in [0.2, 0.25) is 0 Å². The van der Waals surface area contributed by atoms with E-state index >= 15 is 0 Å². The molecule has 0 bridgehead atoms. The van der Waals surface area contributed by atoms with Gasteiger partial charge in [0.25, 0.3) is 5.45 Å². The lowest BCUT2D eigenvalue weighted by Gasteiger charge is -2.21. The Kier molecular flexibility index (Phi) is 8.56. The third kappa shape index (κ3) is 6.67. The van der Waals surface area contributed by atoms with Crippen LogP contribution in [0, 0.1) is 5.92 Å². The maximum absolute atomic E-state index is 11.6. The SMILES string of the molecule is O=C(O)CCC(C[P+](O)(O)C(=NN(C=S)c1ccccc1)c1ccccc1)C(=O)O. The monoisotopic (exact) mass is 449 g/mol. The van der Waals surface area contributed by atoms with Gasteiger partial charge >= 0.3 is 19.7 Å². The lowest BCUT2D eigenvalue weighted by atomic mass is 10.1. The van der Waals surface area contributed by atoms with Crippen molar-refractivity contribution in [2.45, 2.75) is 12.8 Å². The van der Waals surface area contributed by atoms with E-state index in [9.17, 15) is 24.5 Å². The number of carboxylic acid groups (broad SMARTS) is 2. The van der Waals surface area contributed by atoms with E-state index in [1.807, 2.05) is 6.07 Å². The van der Waals surface area contributed by atoms with Crippen molar-refractivity contribution in [3.05, 3.63) is 66.2 Å². The van der Waals surface area contributed by atoms with E-state index in [4.69, 9.17) is 17.3 Å². The predicted molar refractivity (Wildman–Crippen MR) is 120 cm³/mol. The van der Waals surface area contributed by atoms with Crippen molar-refractivity contribution in [2.75, 3.05) is 11.2 Å². The molecule has 0 aromatic heterocycles. The van der Waals surface area contributed by atoms with E-state index in [1.165, 1.54) is 10.5 Å². The van der Waals surface area contributed by atoms with Crippen molar-refractivity contribution in [2.24, 2.45) is 11.0 Å². The fourth-order valence-corrected chi connectivity index (χ4v) is 4.83. The summed E-state index contributed by atoms with van der Waals surface area (Å²) in [5.41, 5.74) is 2.12. The first-order valence-electron chi connectivity index (χ1n) is 8.97. The average molecular weight is 449 g/mol. The zero-order valence-corrected chi connectivity index (χ0v) is 17.6. The van der Waals surface area contributed by atoms with Crippen LogP contribution in [0.15, 0.2) is 65.8 Å². The highest BCUT2D eigenvalue weighted by molar-refractivity contribution is 7.82. The molecule has 0 fully saturated rings. The molecule has 8 nitrogen and oxygen atoms in total. The summed E-state index contributed by atoms with van der Waals surface area (Å²) >= 11 is 5.03. The van der Waals surface area contributed by atoms with Crippen LogP contribution in [0.5, 0.6) is 0 Å². The van der Waals surface area contributed by atoms with E-state index in [0.717, 1.165) is 0 Å². The van der Waals surface area contributed by atoms with Crippen molar-refractivity contribution >= 4 is 48.5 Å². The molecule has 0 radical (unpaired) electrons. The average Bonchev–Trinajstić information content (AvgIpc) is 2.72. The fourth-order valence-electron chi connectivity index (χ4n) is 2.73. The lowest BCUT2D eigenvalue weighted by Crippen LogP contribution is -2.26. The number of carboxylic acids is 2. The molecule has 0 saturated carbocycles. The van der Waals surface area contributed by atoms with Crippen LogP contribution in [0.4, 0.5) is 5.69 Å². The number of carbonyl (C=O) groups is 2. The number of hydrazone groups is 1. The highest BCUT2D eigenvalue weighted by Crippen LogP contribution is 2.55. The standard InChI is InChI=1S/C20H21N2O6PS/c23-18(24)12-11-16(20(25)26)13-29(27,28)19(15-7-3-1-4-8-15)21-22(14-30)17-9-5-2-6-10-17/h1-10,14,16,27-28H,11-13H2,(H-,23,24,25,26)/p+1. The van der Waals surface area contributed by atoms with E-state index in [-0.39, 0.29) is 11.9 Å². The molecule has 0 aliphatic rings. The molecular formula is C20H22N2O6PS+. The summed E-state index contributed by atoms with van der Waals surface area (Å²) in [6, 6.07) is 17.2. The molecule has 1 atom stereocenters. The van der Waals surface area contributed by atoms with Crippen LogP contribution in [-0.2, 0) is 9.59 Å². The van der Waals surface area contributed by atoms with E-state index in [0.29, 0.717) is 11.3 Å². The number of hydrogen-bond donors (Lipinski definition) is 4. The van der Waals surface area contributed by atoms with Gasteiger partial charge in [0, 0.05) is 12.0 Å². The molecule has 4 N–H and O–H groups in total. The fraction of sp³-hybridized carbons (Fsp3) is 0.200. The van der Waals surface area contributed by atoms with Gasteiger partial charge in [-0.15, -0.1) is 5.10 Å². The second-order valence-corrected chi connectivity index (χ2v) is 8.92. The Morgan fingerprint density at radius 3 is 2.10 bits per heavy atom. The van der Waals surface area contributed by atoms with Crippen LogP contribution >= 0.6 is 19.9 Å². The molecule has 1 unspecified atom stereocenters. The van der Waals surface area contributed by atoms with Crippen LogP contribution in [0.3, 0.4) is 0 Å². The molecule has 158 valence electrons. The van der Waals surface area contributed by atoms with Crippen LogP contribution in [0.25, 0.3) is 0 Å². The number of aliphatic carboxylic acids is 2. The van der Waals surface area contributed by atoms with E-state index in [1.54, 1.807) is 54.6 Å². The summed E-state index contributed by atoms with van der Waals surface area (Å²) in [5, 5.41) is 23.9. The number of rotatable bonds is 11. The molecular weight excluding hydrogens is 427 g/mol. The molecule has 2 aromatic carbocycles. The Balaban J connectivity index is 2.46. The van der Waals surface area contributed by atoms with Crippen LogP contribution < -0.4 is 5.01 Å². The van der Waals surface area contributed by atoms with Crippen molar-refractivity contribution in [1.82, 2.24) is 0 Å². The second-order valence-electron chi connectivity index (χ2n) is 6.46. The van der Waals surface area contributed by atoms with Gasteiger partial charge in [-0.2, -0.15) is 0 Å². The zero-order chi connectivity index (χ0) is 22.1. The first kappa shape index (κ1) is 23.6. The van der Waals surface area contributed by atoms with Crippen molar-refractivity contribution < 1.29 is 29.6 Å². The quantitative estimate of drug-likeness (QED) is 0.178. The van der Waals surface area contributed by atoms with E-state index < -0.39 is 38.2 Å². The Labute approximate surface area is 179 Å². The number of hydrogen-bond acceptors (Lipinski definition) is 6. The van der Waals surface area contributed by atoms with Crippen molar-refractivity contribution in [3.63, 3.8) is 0 Å². The topological polar surface area (TPSA) is 131 Å². The smallest absolute Gasteiger partial charge is 0.321 e. The Bertz CT molecular complexity index is 908. The Hall–Kier alpha value is -2.71. The first-order valence-corrected chi connectivity index (χ1v) is 11.3. The van der Waals surface area contributed by atoms with Gasteiger partial charge < -0.3 is 10.2 Å². The number of nitrogens with zero attached hydrogens (tertiary/aromatic N) is 2. The maximum atomic E-state index is 11.6. The third-order valence-corrected chi connectivity index (χ3v) is 6.40. The van der Waals surface area contributed by atoms with Crippen molar-refractivity contribution in [3.8, 4) is 0 Å². The minimum Gasteiger partial charge on any atom is -0.481 e. The van der Waals surface area contributed by atoms with Gasteiger partial charge in [-0.3, -0.25) is 9.59 Å². The van der Waals surface area contributed by atoms with Crippen LogP contribution in [0.1, 0.15) is 18.4 Å².